The van der Waals surface area contributed by atoms with Gasteiger partial charge in [0.15, 0.2) is 5.96 Å². The average Bonchev–Trinajstić information content (AvgIpc) is 3.59. The third-order valence-electron chi connectivity index (χ3n) is 5.39. The number of aliphatic imine (C=N–C) groups is 1. The highest BCUT2D eigenvalue weighted by Crippen LogP contribution is 2.18. The smallest absolute Gasteiger partial charge is 0.234 e. The maximum absolute atomic E-state index is 12.0. The van der Waals surface area contributed by atoms with Crippen LogP contribution < -0.4 is 15.4 Å². The molecule has 0 bridgehead atoms. The summed E-state index contributed by atoms with van der Waals surface area (Å²) in [6.07, 6.45) is 3.13. The number of hydrogen-bond donors (Lipinski definition) is 2. The van der Waals surface area contributed by atoms with Crippen molar-refractivity contribution in [3.05, 3.63) is 29.8 Å². The molecule has 1 saturated heterocycles. The van der Waals surface area contributed by atoms with Crippen LogP contribution in [0.3, 0.4) is 0 Å². The van der Waals surface area contributed by atoms with E-state index in [4.69, 9.17) is 14.5 Å². The summed E-state index contributed by atoms with van der Waals surface area (Å²) in [4.78, 5) is 21.4. The third kappa shape index (κ3) is 9.50. The molecule has 1 aliphatic carbocycles. The fourth-order valence-electron chi connectivity index (χ4n) is 3.54. The van der Waals surface area contributed by atoms with Gasteiger partial charge in [0.25, 0.3) is 0 Å². The van der Waals surface area contributed by atoms with E-state index in [0.29, 0.717) is 32.3 Å². The van der Waals surface area contributed by atoms with Crippen molar-refractivity contribution >= 4 is 35.8 Å². The summed E-state index contributed by atoms with van der Waals surface area (Å²) < 4.78 is 10.9. The van der Waals surface area contributed by atoms with Gasteiger partial charge in [-0.15, -0.1) is 24.0 Å². The Bertz CT molecular complexity index is 721. The van der Waals surface area contributed by atoms with Crippen LogP contribution in [0.1, 0.15) is 31.7 Å². The van der Waals surface area contributed by atoms with Crippen molar-refractivity contribution in [1.29, 1.82) is 0 Å². The van der Waals surface area contributed by atoms with Gasteiger partial charge in [-0.2, -0.15) is 0 Å². The first-order valence-electron chi connectivity index (χ1n) is 11.4. The summed E-state index contributed by atoms with van der Waals surface area (Å²) in [5, 5.41) is 6.48. The van der Waals surface area contributed by atoms with E-state index in [1.54, 1.807) is 7.11 Å². The van der Waals surface area contributed by atoms with E-state index in [-0.39, 0.29) is 29.9 Å². The van der Waals surface area contributed by atoms with Gasteiger partial charge in [-0.05, 0) is 37.5 Å². The van der Waals surface area contributed by atoms with Crippen molar-refractivity contribution in [2.24, 2.45) is 4.99 Å². The number of carbonyl (C=O) groups is 1. The van der Waals surface area contributed by atoms with Crippen LogP contribution in [-0.4, -0.2) is 87.3 Å². The van der Waals surface area contributed by atoms with E-state index in [0.717, 1.165) is 69.3 Å². The zero-order chi connectivity index (χ0) is 21.9. The highest BCUT2D eigenvalue weighted by Gasteiger charge is 2.25. The van der Waals surface area contributed by atoms with Crippen molar-refractivity contribution in [3.63, 3.8) is 0 Å². The number of halogens is 1. The molecule has 2 N–H and O–H groups in total. The van der Waals surface area contributed by atoms with E-state index < -0.39 is 0 Å². The van der Waals surface area contributed by atoms with Gasteiger partial charge in [-0.3, -0.25) is 9.69 Å². The van der Waals surface area contributed by atoms with Crippen LogP contribution in [0, 0.1) is 0 Å². The highest BCUT2D eigenvalue weighted by atomic mass is 127. The lowest BCUT2D eigenvalue weighted by Crippen LogP contribution is -2.54. The number of hydrogen-bond acceptors (Lipinski definition) is 5. The quantitative estimate of drug-likeness (QED) is 0.187. The Balaban J connectivity index is 0.00000363. The Hall–Kier alpha value is -1.59. The molecule has 2 aliphatic rings. The molecule has 180 valence electrons. The minimum atomic E-state index is 0. The van der Waals surface area contributed by atoms with Crippen LogP contribution in [0.25, 0.3) is 0 Å². The van der Waals surface area contributed by atoms with Gasteiger partial charge in [0, 0.05) is 58.9 Å². The van der Waals surface area contributed by atoms with Crippen LogP contribution in [0.15, 0.2) is 29.3 Å². The van der Waals surface area contributed by atoms with Crippen LogP contribution >= 0.6 is 24.0 Å². The molecule has 1 saturated carbocycles. The number of methoxy groups -OCH3 is 1. The maximum Gasteiger partial charge on any atom is 0.234 e. The first kappa shape index (κ1) is 26.7. The van der Waals surface area contributed by atoms with Gasteiger partial charge >= 0.3 is 0 Å². The predicted molar refractivity (Wildman–Crippen MR) is 138 cm³/mol. The number of ether oxygens (including phenoxy) is 2. The Labute approximate surface area is 209 Å². The van der Waals surface area contributed by atoms with Crippen molar-refractivity contribution in [1.82, 2.24) is 20.4 Å². The third-order valence-corrected chi connectivity index (χ3v) is 5.39. The van der Waals surface area contributed by atoms with Gasteiger partial charge in [0.2, 0.25) is 5.91 Å². The molecule has 1 aliphatic heterocycles. The second kappa shape index (κ2) is 14.5. The molecule has 1 amide bonds. The normalized spacial score (nSPS) is 16.9. The summed E-state index contributed by atoms with van der Waals surface area (Å²) in [5.41, 5.74) is 1.12. The van der Waals surface area contributed by atoms with Crippen LogP contribution in [0.4, 0.5) is 0 Å². The number of guanidine groups is 1. The lowest BCUT2D eigenvalue weighted by molar-refractivity contribution is -0.122. The molecule has 0 aromatic heterocycles. The number of amides is 1. The summed E-state index contributed by atoms with van der Waals surface area (Å²) in [6.45, 7) is 8.82. The lowest BCUT2D eigenvalue weighted by Gasteiger charge is -2.36. The minimum Gasteiger partial charge on any atom is -0.493 e. The molecule has 0 spiro atoms. The molecule has 0 atom stereocenters. The molecular weight excluding hydrogens is 521 g/mol. The number of benzene rings is 1. The monoisotopic (exact) mass is 559 g/mol. The zero-order valence-corrected chi connectivity index (χ0v) is 21.7. The fraction of sp³-hybridized carbons (Fsp3) is 0.652. The number of piperazine rings is 1. The van der Waals surface area contributed by atoms with Gasteiger partial charge < -0.3 is 25.0 Å². The maximum atomic E-state index is 12.0. The van der Waals surface area contributed by atoms with E-state index >= 15 is 0 Å². The van der Waals surface area contributed by atoms with Crippen LogP contribution in [0.2, 0.25) is 0 Å². The number of nitrogens with zero attached hydrogens (tertiary/aromatic N) is 3. The van der Waals surface area contributed by atoms with Crippen LogP contribution in [-0.2, 0) is 16.1 Å². The molecule has 1 heterocycles. The molecule has 0 unspecified atom stereocenters. The molecule has 3 rings (SSSR count). The topological polar surface area (TPSA) is 78.4 Å². The molecule has 32 heavy (non-hydrogen) atoms. The van der Waals surface area contributed by atoms with Crippen molar-refractivity contribution in [3.8, 4) is 5.75 Å². The molecule has 2 fully saturated rings. The van der Waals surface area contributed by atoms with Gasteiger partial charge in [-0.1, -0.05) is 12.1 Å². The molecule has 1 aromatic rings. The Kier molecular flexibility index (Phi) is 12.1. The minimum absolute atomic E-state index is 0. The van der Waals surface area contributed by atoms with E-state index in [9.17, 15) is 4.79 Å². The summed E-state index contributed by atoms with van der Waals surface area (Å²) >= 11 is 0. The summed E-state index contributed by atoms with van der Waals surface area (Å²) in [7, 11) is 1.70. The SMILES string of the molecule is CCNC(=NCc1cccc(OCCCOC)c1)N1CCN(CC(=O)NC2CC2)CC1.I. The molecule has 8 nitrogen and oxygen atoms in total. The molecule has 1 aromatic carbocycles. The highest BCUT2D eigenvalue weighted by molar-refractivity contribution is 14.0. The van der Waals surface area contributed by atoms with Crippen LogP contribution in [0.5, 0.6) is 5.75 Å². The largest absolute Gasteiger partial charge is 0.493 e. The van der Waals surface area contributed by atoms with E-state index in [1.807, 2.05) is 12.1 Å². The average molecular weight is 559 g/mol. The van der Waals surface area contributed by atoms with Gasteiger partial charge in [0.1, 0.15) is 5.75 Å². The standard InChI is InChI=1S/C23H37N5O3.HI/c1-3-24-23(25-17-19-6-4-7-21(16-19)31-15-5-14-30-2)28-12-10-27(11-13-28)18-22(29)26-20-8-9-20;/h4,6-7,16,20H,3,5,8-15,17-18H2,1-2H3,(H,24,25)(H,26,29);1H. The van der Waals surface area contributed by atoms with Gasteiger partial charge in [0.05, 0.1) is 19.7 Å². The Morgan fingerprint density at radius 3 is 2.66 bits per heavy atom. The Morgan fingerprint density at radius 1 is 1.19 bits per heavy atom. The zero-order valence-electron chi connectivity index (χ0n) is 19.3. The van der Waals surface area contributed by atoms with Crippen molar-refractivity contribution in [2.75, 3.05) is 59.6 Å². The van der Waals surface area contributed by atoms with Crippen molar-refractivity contribution in [2.45, 2.75) is 38.8 Å². The second-order valence-corrected chi connectivity index (χ2v) is 8.12. The van der Waals surface area contributed by atoms with Gasteiger partial charge in [-0.25, -0.2) is 4.99 Å². The van der Waals surface area contributed by atoms with E-state index in [2.05, 4.69) is 39.5 Å². The molecular formula is C23H38IN5O3. The second-order valence-electron chi connectivity index (χ2n) is 8.12. The first-order chi connectivity index (χ1) is 15.2. The molecule has 0 radical (unpaired) electrons. The van der Waals surface area contributed by atoms with E-state index in [1.165, 1.54) is 0 Å². The van der Waals surface area contributed by atoms with Crippen molar-refractivity contribution < 1.29 is 14.3 Å². The lowest BCUT2D eigenvalue weighted by atomic mass is 10.2. The molecule has 9 heteroatoms. The fourth-order valence-corrected chi connectivity index (χ4v) is 3.54. The predicted octanol–water partition coefficient (Wildman–Crippen LogP) is 2.08. The Morgan fingerprint density at radius 2 is 1.97 bits per heavy atom. The summed E-state index contributed by atoms with van der Waals surface area (Å²) in [6, 6.07) is 8.54. The summed E-state index contributed by atoms with van der Waals surface area (Å²) in [5.74, 6) is 1.95. The number of carbonyl (C=O) groups excluding carboxylic acids is 1. The number of nitrogens with one attached hydrogen (secondary N) is 2. The first-order valence-corrected chi connectivity index (χ1v) is 11.4. The number of rotatable bonds is 11.